The third-order valence-electron chi connectivity index (χ3n) is 6.12. The van der Waals surface area contributed by atoms with Gasteiger partial charge in [-0.3, -0.25) is 9.69 Å². The summed E-state index contributed by atoms with van der Waals surface area (Å²) in [5.41, 5.74) is 2.11. The quantitative estimate of drug-likeness (QED) is 0.646. The summed E-state index contributed by atoms with van der Waals surface area (Å²) in [5, 5.41) is 9.26. The van der Waals surface area contributed by atoms with Crippen LogP contribution in [-0.2, 0) is 7.05 Å². The molecule has 0 amide bonds. The highest BCUT2D eigenvalue weighted by Gasteiger charge is 2.31. The number of piperazine rings is 1. The molecule has 1 aliphatic rings. The second-order valence-electron chi connectivity index (χ2n) is 7.95. The third-order valence-corrected chi connectivity index (χ3v) is 6.12. The predicted octanol–water partition coefficient (Wildman–Crippen LogP) is 3.36. The van der Waals surface area contributed by atoms with E-state index in [1.165, 1.54) is 22.8 Å². The number of hydrogen-bond acceptors (Lipinski definition) is 5. The van der Waals surface area contributed by atoms with Crippen LogP contribution in [0.2, 0.25) is 0 Å². The fourth-order valence-electron chi connectivity index (χ4n) is 4.38. The maximum atomic E-state index is 14.3. The number of anilines is 1. The number of nitrogens with zero attached hydrogens (tertiary/aromatic N) is 5. The van der Waals surface area contributed by atoms with Gasteiger partial charge in [-0.1, -0.05) is 6.07 Å². The fourth-order valence-corrected chi connectivity index (χ4v) is 4.38. The van der Waals surface area contributed by atoms with E-state index in [4.69, 9.17) is 0 Å². The van der Waals surface area contributed by atoms with Crippen molar-refractivity contribution in [2.24, 2.45) is 7.05 Å². The molecule has 0 bridgehead atoms. The predicted molar refractivity (Wildman–Crippen MR) is 115 cm³/mol. The molecular weight excluding hydrogens is 400 g/mol. The van der Waals surface area contributed by atoms with E-state index < -0.39 is 17.7 Å². The van der Waals surface area contributed by atoms with E-state index in [2.05, 4.69) is 9.88 Å². The average molecular weight is 423 g/mol. The molecule has 1 saturated heterocycles. The van der Waals surface area contributed by atoms with Gasteiger partial charge in [-0.15, -0.1) is 0 Å². The molecule has 31 heavy (non-hydrogen) atoms. The molecular formula is C23H23F2N5O. The number of aryl methyl sites for hydroxylation is 1. The number of pyridine rings is 2. The first-order valence-corrected chi connectivity index (χ1v) is 10.2. The normalized spacial score (nSPS) is 18.2. The Labute approximate surface area is 179 Å². The molecule has 4 rings (SSSR count). The number of rotatable bonds is 3. The molecule has 1 aromatic carbocycles. The zero-order valence-electron chi connectivity index (χ0n) is 17.6. The van der Waals surface area contributed by atoms with Gasteiger partial charge in [0.2, 0.25) is 0 Å². The summed E-state index contributed by atoms with van der Waals surface area (Å²) >= 11 is 0. The molecule has 8 heteroatoms. The van der Waals surface area contributed by atoms with Gasteiger partial charge in [0.05, 0.1) is 11.2 Å². The van der Waals surface area contributed by atoms with Crippen LogP contribution in [0, 0.1) is 23.0 Å². The lowest BCUT2D eigenvalue weighted by atomic mass is 10.0. The molecule has 0 aliphatic carbocycles. The molecule has 0 N–H and O–H groups in total. The molecule has 3 aromatic rings. The summed E-state index contributed by atoms with van der Waals surface area (Å²) in [5.74, 6) is -1.10. The lowest BCUT2D eigenvalue weighted by molar-refractivity contribution is 0.169. The number of fused-ring (bicyclic) bond motifs is 1. The monoisotopic (exact) mass is 423 g/mol. The van der Waals surface area contributed by atoms with Crippen molar-refractivity contribution in [1.29, 1.82) is 5.26 Å². The van der Waals surface area contributed by atoms with Crippen LogP contribution in [0.5, 0.6) is 0 Å². The summed E-state index contributed by atoms with van der Waals surface area (Å²) in [6.45, 7) is 5.49. The topological polar surface area (TPSA) is 65.2 Å². The lowest BCUT2D eigenvalue weighted by Gasteiger charge is -2.43. The van der Waals surface area contributed by atoms with Crippen molar-refractivity contribution in [3.05, 3.63) is 69.6 Å². The molecule has 6 nitrogen and oxygen atoms in total. The first kappa shape index (κ1) is 20.9. The molecule has 2 unspecified atom stereocenters. The molecule has 0 radical (unpaired) electrons. The smallest absolute Gasteiger partial charge is 0.252 e. The first-order chi connectivity index (χ1) is 14.8. The van der Waals surface area contributed by atoms with E-state index >= 15 is 0 Å². The summed E-state index contributed by atoms with van der Waals surface area (Å²) in [7, 11) is 1.67. The third kappa shape index (κ3) is 3.66. The minimum absolute atomic E-state index is 0.0334. The van der Waals surface area contributed by atoms with E-state index in [0.717, 1.165) is 0 Å². The van der Waals surface area contributed by atoms with E-state index in [0.29, 0.717) is 36.4 Å². The molecule has 0 saturated carbocycles. The maximum absolute atomic E-state index is 14.3. The second kappa shape index (κ2) is 8.08. The SMILES string of the molecule is CC(c1c(F)cccc1F)N1CCN(c2cc(=O)n(C)c3ccc(C#N)nc23)C(C)C1. The molecule has 0 spiro atoms. The van der Waals surface area contributed by atoms with Crippen molar-refractivity contribution >= 4 is 16.7 Å². The second-order valence-corrected chi connectivity index (χ2v) is 7.95. The van der Waals surface area contributed by atoms with Crippen LogP contribution in [0.4, 0.5) is 14.5 Å². The van der Waals surface area contributed by atoms with Crippen molar-refractivity contribution in [2.75, 3.05) is 24.5 Å². The Kier molecular flexibility index (Phi) is 5.46. The molecule has 2 aromatic heterocycles. The van der Waals surface area contributed by atoms with Gasteiger partial charge in [0, 0.05) is 50.4 Å². The minimum atomic E-state index is -0.548. The van der Waals surface area contributed by atoms with Crippen LogP contribution in [0.1, 0.15) is 31.1 Å². The summed E-state index contributed by atoms with van der Waals surface area (Å²) in [6, 6.07) is 10.4. The Hall–Kier alpha value is -3.31. The zero-order chi connectivity index (χ0) is 22.3. The Morgan fingerprint density at radius 2 is 1.90 bits per heavy atom. The summed E-state index contributed by atoms with van der Waals surface area (Å²) in [4.78, 5) is 21.1. The number of halogens is 2. The van der Waals surface area contributed by atoms with E-state index in [1.54, 1.807) is 32.2 Å². The number of nitriles is 1. The summed E-state index contributed by atoms with van der Waals surface area (Å²) in [6.07, 6.45) is 0. The van der Waals surface area contributed by atoms with Gasteiger partial charge < -0.3 is 9.47 Å². The number of benzene rings is 1. The first-order valence-electron chi connectivity index (χ1n) is 10.2. The Morgan fingerprint density at radius 1 is 1.19 bits per heavy atom. The van der Waals surface area contributed by atoms with Crippen LogP contribution >= 0.6 is 0 Å². The van der Waals surface area contributed by atoms with Gasteiger partial charge in [-0.25, -0.2) is 13.8 Å². The molecule has 160 valence electrons. The standard InChI is InChI=1S/C23H23F2N5O/c1-14-13-29(15(2)22-17(24)5-4-6-18(22)25)9-10-30(14)20-11-21(31)28(3)19-8-7-16(12-26)27-23(19)20/h4-8,11,14-15H,9-10,13H2,1-3H3. The molecule has 3 heterocycles. The largest absolute Gasteiger partial charge is 0.364 e. The summed E-state index contributed by atoms with van der Waals surface area (Å²) < 4.78 is 30.1. The van der Waals surface area contributed by atoms with Gasteiger partial charge in [-0.2, -0.15) is 5.26 Å². The van der Waals surface area contributed by atoms with Crippen LogP contribution in [0.3, 0.4) is 0 Å². The number of aromatic nitrogens is 2. The van der Waals surface area contributed by atoms with Crippen LogP contribution in [-0.4, -0.2) is 40.1 Å². The van der Waals surface area contributed by atoms with Gasteiger partial charge in [-0.05, 0) is 38.1 Å². The van der Waals surface area contributed by atoms with Crippen molar-refractivity contribution in [2.45, 2.75) is 25.9 Å². The van der Waals surface area contributed by atoms with E-state index in [-0.39, 0.29) is 22.9 Å². The molecule has 2 atom stereocenters. The minimum Gasteiger partial charge on any atom is -0.364 e. The van der Waals surface area contributed by atoms with Crippen LogP contribution < -0.4 is 10.5 Å². The highest BCUT2D eigenvalue weighted by molar-refractivity contribution is 5.88. The lowest BCUT2D eigenvalue weighted by Crippen LogP contribution is -2.53. The van der Waals surface area contributed by atoms with Gasteiger partial charge in [0.1, 0.15) is 28.9 Å². The van der Waals surface area contributed by atoms with Crippen molar-refractivity contribution < 1.29 is 8.78 Å². The molecule has 1 fully saturated rings. The fraction of sp³-hybridized carbons (Fsp3) is 0.348. The van der Waals surface area contributed by atoms with Crippen LogP contribution in [0.15, 0.2) is 41.2 Å². The average Bonchev–Trinajstić information content (AvgIpc) is 2.75. The molecule has 1 aliphatic heterocycles. The zero-order valence-corrected chi connectivity index (χ0v) is 17.6. The Bertz CT molecular complexity index is 1230. The van der Waals surface area contributed by atoms with Gasteiger partial charge in [0.25, 0.3) is 5.56 Å². The number of hydrogen-bond donors (Lipinski definition) is 0. The van der Waals surface area contributed by atoms with Gasteiger partial charge >= 0.3 is 0 Å². The maximum Gasteiger partial charge on any atom is 0.252 e. The Balaban J connectivity index is 1.67. The van der Waals surface area contributed by atoms with Gasteiger partial charge in [0.15, 0.2) is 0 Å². The highest BCUT2D eigenvalue weighted by atomic mass is 19.1. The van der Waals surface area contributed by atoms with Crippen molar-refractivity contribution in [1.82, 2.24) is 14.5 Å². The van der Waals surface area contributed by atoms with E-state index in [9.17, 15) is 18.8 Å². The van der Waals surface area contributed by atoms with Crippen molar-refractivity contribution in [3.63, 3.8) is 0 Å². The van der Waals surface area contributed by atoms with Crippen molar-refractivity contribution in [3.8, 4) is 6.07 Å². The van der Waals surface area contributed by atoms with E-state index in [1.807, 2.05) is 17.9 Å². The Morgan fingerprint density at radius 3 is 2.55 bits per heavy atom. The highest BCUT2D eigenvalue weighted by Crippen LogP contribution is 2.31. The van der Waals surface area contributed by atoms with Crippen LogP contribution in [0.25, 0.3) is 11.0 Å².